The molecular weight excluding hydrogens is 566 g/mol. The van der Waals surface area contributed by atoms with Crippen molar-refractivity contribution in [2.45, 2.75) is 57.2 Å². The molecule has 8 nitrogen and oxygen atoms in total. The van der Waals surface area contributed by atoms with Crippen molar-refractivity contribution in [2.75, 3.05) is 11.9 Å². The second kappa shape index (κ2) is 15.2. The van der Waals surface area contributed by atoms with Crippen molar-refractivity contribution in [3.63, 3.8) is 0 Å². The minimum atomic E-state index is -0.969. The molecular formula is C37H39N3O5. The lowest BCUT2D eigenvalue weighted by molar-refractivity contribution is -0.128. The molecule has 5 rings (SSSR count). The van der Waals surface area contributed by atoms with E-state index in [4.69, 9.17) is 4.74 Å². The van der Waals surface area contributed by atoms with Crippen LogP contribution in [-0.2, 0) is 27.4 Å². The first kappa shape index (κ1) is 31.5. The maximum Gasteiger partial charge on any atom is 0.407 e. The van der Waals surface area contributed by atoms with E-state index in [9.17, 15) is 19.5 Å². The maximum atomic E-state index is 13.7. The summed E-state index contributed by atoms with van der Waals surface area (Å²) in [5.41, 5.74) is 6.60. The van der Waals surface area contributed by atoms with Crippen LogP contribution >= 0.6 is 0 Å². The minimum Gasteiger partial charge on any atom is -0.449 e. The van der Waals surface area contributed by atoms with E-state index in [2.05, 4.69) is 40.2 Å². The number of hydrogen-bond donors (Lipinski definition) is 4. The number of alkyl carbamates (subject to hydrolysis) is 1. The number of rotatable bonds is 13. The van der Waals surface area contributed by atoms with Gasteiger partial charge in [-0.3, -0.25) is 9.59 Å². The summed E-state index contributed by atoms with van der Waals surface area (Å²) >= 11 is 0. The Kier molecular flexibility index (Phi) is 10.6. The second-order valence-corrected chi connectivity index (χ2v) is 11.3. The smallest absolute Gasteiger partial charge is 0.407 e. The highest BCUT2D eigenvalue weighted by Crippen LogP contribution is 2.44. The Labute approximate surface area is 263 Å². The quantitative estimate of drug-likeness (QED) is 0.151. The first-order valence-corrected chi connectivity index (χ1v) is 15.4. The third-order valence-corrected chi connectivity index (χ3v) is 8.12. The predicted octanol–water partition coefficient (Wildman–Crippen LogP) is 5.94. The lowest BCUT2D eigenvalue weighted by Crippen LogP contribution is -2.53. The average Bonchev–Trinajstić information content (AvgIpc) is 3.39. The number of nitrogens with one attached hydrogen (secondary N) is 3. The van der Waals surface area contributed by atoms with Gasteiger partial charge in [0.25, 0.3) is 0 Å². The molecule has 1 aliphatic rings. The van der Waals surface area contributed by atoms with E-state index in [1.807, 2.05) is 61.5 Å². The Bertz CT molecular complexity index is 1560. The first-order chi connectivity index (χ1) is 22.0. The zero-order valence-corrected chi connectivity index (χ0v) is 25.4. The predicted molar refractivity (Wildman–Crippen MR) is 175 cm³/mol. The lowest BCUT2D eigenvalue weighted by atomic mass is 9.98. The maximum absolute atomic E-state index is 13.7. The van der Waals surface area contributed by atoms with Gasteiger partial charge in [0.2, 0.25) is 11.8 Å². The molecule has 8 heteroatoms. The summed E-state index contributed by atoms with van der Waals surface area (Å²) in [7, 11) is 0. The van der Waals surface area contributed by atoms with Gasteiger partial charge in [-0.1, -0.05) is 111 Å². The fourth-order valence-electron chi connectivity index (χ4n) is 5.71. The minimum absolute atomic E-state index is 0.0944. The van der Waals surface area contributed by atoms with Gasteiger partial charge in [0.05, 0.1) is 6.61 Å². The highest BCUT2D eigenvalue weighted by molar-refractivity contribution is 5.98. The highest BCUT2D eigenvalue weighted by atomic mass is 16.5. The number of aliphatic hydroxyl groups is 1. The monoisotopic (exact) mass is 605 g/mol. The number of aliphatic hydroxyl groups excluding tert-OH is 1. The van der Waals surface area contributed by atoms with E-state index in [1.54, 1.807) is 24.3 Å². The fourth-order valence-corrected chi connectivity index (χ4v) is 5.71. The van der Waals surface area contributed by atoms with E-state index in [0.717, 1.165) is 46.2 Å². The topological polar surface area (TPSA) is 117 Å². The normalized spacial score (nSPS) is 13.2. The number of fused-ring (bicyclic) bond motifs is 3. The molecule has 0 heterocycles. The molecule has 0 bridgehead atoms. The molecule has 232 valence electrons. The number of benzene rings is 4. The number of hydrogen-bond acceptors (Lipinski definition) is 5. The number of ether oxygens (including phenoxy) is 1. The van der Waals surface area contributed by atoms with Gasteiger partial charge in [-0.15, -0.1) is 0 Å². The molecule has 0 spiro atoms. The van der Waals surface area contributed by atoms with Gasteiger partial charge in [-0.2, -0.15) is 0 Å². The molecule has 3 amide bonds. The van der Waals surface area contributed by atoms with E-state index in [0.29, 0.717) is 12.1 Å². The summed E-state index contributed by atoms with van der Waals surface area (Å²) < 4.78 is 5.75. The first-order valence-electron chi connectivity index (χ1n) is 15.4. The number of anilines is 1. The molecule has 0 aromatic heterocycles. The van der Waals surface area contributed by atoms with Gasteiger partial charge in [0.15, 0.2) is 0 Å². The highest BCUT2D eigenvalue weighted by Gasteiger charge is 2.31. The third kappa shape index (κ3) is 7.96. The van der Waals surface area contributed by atoms with Gasteiger partial charge < -0.3 is 25.8 Å². The Morgan fingerprint density at radius 3 is 1.98 bits per heavy atom. The summed E-state index contributed by atoms with van der Waals surface area (Å²) in [5, 5.41) is 17.8. The lowest BCUT2D eigenvalue weighted by Gasteiger charge is -2.23. The molecule has 2 atom stereocenters. The number of unbranched alkanes of at least 4 members (excludes halogenated alkanes) is 1. The van der Waals surface area contributed by atoms with Crippen LogP contribution in [0.2, 0.25) is 0 Å². The number of carbonyl (C=O) groups is 3. The van der Waals surface area contributed by atoms with Gasteiger partial charge >= 0.3 is 6.09 Å². The molecule has 2 unspecified atom stereocenters. The summed E-state index contributed by atoms with van der Waals surface area (Å²) in [6.45, 7) is 2.04. The van der Waals surface area contributed by atoms with Crippen LogP contribution in [0.5, 0.6) is 0 Å². The molecule has 0 saturated carbocycles. The second-order valence-electron chi connectivity index (χ2n) is 11.3. The summed E-state index contributed by atoms with van der Waals surface area (Å²) in [6.07, 6.45) is 1.53. The molecule has 45 heavy (non-hydrogen) atoms. The summed E-state index contributed by atoms with van der Waals surface area (Å²) in [4.78, 5) is 40.2. The van der Waals surface area contributed by atoms with Crippen LogP contribution < -0.4 is 16.0 Å². The Morgan fingerprint density at radius 2 is 1.36 bits per heavy atom. The number of carbonyl (C=O) groups excluding carboxylic acids is 3. The van der Waals surface area contributed by atoms with Crippen molar-refractivity contribution in [3.8, 4) is 11.1 Å². The Hall–Kier alpha value is -4.95. The molecule has 0 aliphatic heterocycles. The van der Waals surface area contributed by atoms with Crippen LogP contribution in [0.3, 0.4) is 0 Å². The largest absolute Gasteiger partial charge is 0.449 e. The zero-order valence-electron chi connectivity index (χ0n) is 25.4. The van der Waals surface area contributed by atoms with Crippen molar-refractivity contribution in [1.29, 1.82) is 0 Å². The molecule has 0 saturated heterocycles. The van der Waals surface area contributed by atoms with Gasteiger partial charge in [0.1, 0.15) is 18.7 Å². The van der Waals surface area contributed by atoms with Crippen molar-refractivity contribution in [3.05, 3.63) is 125 Å². The van der Waals surface area contributed by atoms with E-state index >= 15 is 0 Å². The van der Waals surface area contributed by atoms with Crippen LogP contribution in [0.1, 0.15) is 54.4 Å². The van der Waals surface area contributed by atoms with Crippen LogP contribution in [0.4, 0.5) is 10.5 Å². The van der Waals surface area contributed by atoms with Crippen molar-refractivity contribution >= 4 is 23.6 Å². The zero-order chi connectivity index (χ0) is 31.6. The van der Waals surface area contributed by atoms with Gasteiger partial charge in [0, 0.05) is 18.0 Å². The average molecular weight is 606 g/mol. The van der Waals surface area contributed by atoms with Crippen molar-refractivity contribution in [1.82, 2.24) is 10.6 Å². The van der Waals surface area contributed by atoms with Crippen LogP contribution in [0, 0.1) is 0 Å². The van der Waals surface area contributed by atoms with Gasteiger partial charge in [-0.25, -0.2) is 4.79 Å². The Balaban J connectivity index is 1.28. The molecule has 1 aliphatic carbocycles. The van der Waals surface area contributed by atoms with Crippen LogP contribution in [0.25, 0.3) is 11.1 Å². The summed E-state index contributed by atoms with van der Waals surface area (Å²) in [6, 6.07) is 30.7. The SMILES string of the molecule is CCCCC(NC(=O)C(Cc1ccccc1)NC(=O)OCC1c2ccccc2-c2ccccc21)C(=O)Nc1ccc(CO)cc1. The van der Waals surface area contributed by atoms with Crippen LogP contribution in [-0.4, -0.2) is 41.7 Å². The van der Waals surface area contributed by atoms with E-state index in [1.165, 1.54) is 0 Å². The standard InChI is InChI=1S/C37H39N3O5/c1-2-3-17-33(35(42)38-27-20-18-26(23-41)19-21-27)39-36(43)34(22-25-11-5-4-6-12-25)40-37(44)45-24-32-30-15-9-7-13-28(30)29-14-8-10-16-31(29)32/h4-16,18-21,32-34,41H,2-3,17,22-24H2,1H3,(H,38,42)(H,39,43)(H,40,44). The van der Waals surface area contributed by atoms with Gasteiger partial charge in [-0.05, 0) is 51.9 Å². The molecule has 4 N–H and O–H groups in total. The molecule has 0 radical (unpaired) electrons. The molecule has 4 aromatic carbocycles. The molecule has 0 fully saturated rings. The van der Waals surface area contributed by atoms with E-state index < -0.39 is 24.1 Å². The van der Waals surface area contributed by atoms with Crippen molar-refractivity contribution in [2.24, 2.45) is 0 Å². The van der Waals surface area contributed by atoms with E-state index in [-0.39, 0.29) is 31.5 Å². The Morgan fingerprint density at radius 1 is 0.733 bits per heavy atom. The third-order valence-electron chi connectivity index (χ3n) is 8.12. The number of amides is 3. The summed E-state index contributed by atoms with van der Waals surface area (Å²) in [5.74, 6) is -0.939. The van der Waals surface area contributed by atoms with Crippen molar-refractivity contribution < 1.29 is 24.2 Å². The molecule has 4 aromatic rings. The van der Waals surface area contributed by atoms with Crippen LogP contribution in [0.15, 0.2) is 103 Å². The fraction of sp³-hybridized carbons (Fsp3) is 0.270.